The fourth-order valence-corrected chi connectivity index (χ4v) is 4.10. The van der Waals surface area contributed by atoms with Gasteiger partial charge in [-0.1, -0.05) is 6.07 Å². The number of hydrogen-bond donors (Lipinski definition) is 0. The average molecular weight is 415 g/mol. The Morgan fingerprint density at radius 3 is 2.17 bits per heavy atom. The van der Waals surface area contributed by atoms with E-state index in [0.29, 0.717) is 11.3 Å². The molecule has 1 amide bonds. The zero-order valence-electron chi connectivity index (χ0n) is 19.0. The van der Waals surface area contributed by atoms with Crippen LogP contribution < -0.4 is 15.1 Å². The standard InChI is InChI=1S/C22H30BNO6/c1-9-28-19(27)24(20(2,3)4)16-11-10-15(12-14(16)13-17(24)18(25)26)23-29-21(5,6)22(7,8)30-23/h10-13H,9H2,1-8H3. The molecule has 0 saturated carbocycles. The van der Waals surface area contributed by atoms with Crippen LogP contribution in [-0.2, 0) is 18.8 Å². The summed E-state index contributed by atoms with van der Waals surface area (Å²) in [6.07, 6.45) is 0.837. The van der Waals surface area contributed by atoms with E-state index < -0.39 is 40.4 Å². The second-order valence-electron chi connectivity index (χ2n) is 9.76. The third kappa shape index (κ3) is 3.09. The first kappa shape index (κ1) is 22.5. The van der Waals surface area contributed by atoms with Crippen molar-refractivity contribution in [2.75, 3.05) is 6.61 Å². The van der Waals surface area contributed by atoms with Crippen molar-refractivity contribution < 1.29 is 28.7 Å². The quantitative estimate of drug-likeness (QED) is 0.557. The molecule has 0 bridgehead atoms. The van der Waals surface area contributed by atoms with Crippen molar-refractivity contribution in [2.45, 2.75) is 72.1 Å². The number of fused-ring (bicyclic) bond motifs is 1. The van der Waals surface area contributed by atoms with Gasteiger partial charge in [-0.3, -0.25) is 0 Å². The highest BCUT2D eigenvalue weighted by Gasteiger charge is 2.59. The average Bonchev–Trinajstić information content (AvgIpc) is 3.06. The van der Waals surface area contributed by atoms with Crippen molar-refractivity contribution in [1.29, 1.82) is 0 Å². The van der Waals surface area contributed by atoms with E-state index in [1.54, 1.807) is 33.8 Å². The van der Waals surface area contributed by atoms with E-state index >= 15 is 0 Å². The molecule has 2 aliphatic rings. The molecule has 3 rings (SSSR count). The summed E-state index contributed by atoms with van der Waals surface area (Å²) < 4.78 is 17.0. The summed E-state index contributed by atoms with van der Waals surface area (Å²) in [7, 11) is -0.597. The van der Waals surface area contributed by atoms with E-state index in [1.165, 1.54) is 6.08 Å². The Morgan fingerprint density at radius 1 is 1.13 bits per heavy atom. The topological polar surface area (TPSA) is 84.9 Å². The van der Waals surface area contributed by atoms with Gasteiger partial charge >= 0.3 is 13.2 Å². The molecule has 0 radical (unpaired) electrons. The summed E-state index contributed by atoms with van der Waals surface area (Å²) in [5.41, 5.74) is -0.0987. The molecule has 8 heteroatoms. The summed E-state index contributed by atoms with van der Waals surface area (Å²) >= 11 is 0. The third-order valence-corrected chi connectivity index (χ3v) is 6.35. The van der Waals surface area contributed by atoms with Crippen LogP contribution in [0.2, 0.25) is 0 Å². The lowest BCUT2D eigenvalue weighted by atomic mass is 9.78. The van der Waals surface area contributed by atoms with Crippen molar-refractivity contribution in [3.8, 4) is 0 Å². The van der Waals surface area contributed by atoms with Gasteiger partial charge < -0.3 is 23.9 Å². The summed E-state index contributed by atoms with van der Waals surface area (Å²) in [6.45, 7) is 15.1. The number of carboxylic acids is 1. The second kappa shape index (κ2) is 6.94. The zero-order chi connectivity index (χ0) is 22.7. The van der Waals surface area contributed by atoms with Crippen LogP contribution >= 0.6 is 0 Å². The first-order valence-electron chi connectivity index (χ1n) is 10.2. The first-order chi connectivity index (χ1) is 13.7. The van der Waals surface area contributed by atoms with Crippen molar-refractivity contribution in [2.24, 2.45) is 0 Å². The number of carbonyl (C=O) groups excluding carboxylic acids is 2. The van der Waals surface area contributed by atoms with Gasteiger partial charge in [0, 0.05) is 17.7 Å². The van der Waals surface area contributed by atoms with E-state index in [2.05, 4.69) is 0 Å². The van der Waals surface area contributed by atoms with Crippen molar-refractivity contribution >= 4 is 36.4 Å². The number of ether oxygens (including phenoxy) is 1. The van der Waals surface area contributed by atoms with Crippen LogP contribution in [0.3, 0.4) is 0 Å². The fourth-order valence-electron chi connectivity index (χ4n) is 4.10. The number of quaternary nitrogens is 1. The minimum atomic E-state index is -1.41. The summed E-state index contributed by atoms with van der Waals surface area (Å²) in [5, 5.41) is 12.1. The molecule has 1 fully saturated rings. The van der Waals surface area contributed by atoms with E-state index in [-0.39, 0.29) is 12.3 Å². The van der Waals surface area contributed by atoms with Crippen LogP contribution in [0.1, 0.15) is 61.0 Å². The van der Waals surface area contributed by atoms with Crippen molar-refractivity contribution in [1.82, 2.24) is 4.48 Å². The third-order valence-electron chi connectivity index (χ3n) is 6.35. The van der Waals surface area contributed by atoms with Crippen LogP contribution in [0.25, 0.3) is 6.08 Å². The van der Waals surface area contributed by atoms with Gasteiger partial charge in [0.25, 0.3) is 0 Å². The Morgan fingerprint density at radius 2 is 1.70 bits per heavy atom. The highest BCUT2D eigenvalue weighted by atomic mass is 16.7. The van der Waals surface area contributed by atoms with Crippen LogP contribution in [0.4, 0.5) is 10.5 Å². The number of benzene rings is 1. The van der Waals surface area contributed by atoms with Gasteiger partial charge in [-0.2, -0.15) is 9.28 Å². The van der Waals surface area contributed by atoms with Crippen molar-refractivity contribution in [3.63, 3.8) is 0 Å². The van der Waals surface area contributed by atoms with E-state index in [9.17, 15) is 14.7 Å². The molecule has 0 aliphatic carbocycles. The monoisotopic (exact) mass is 415 g/mol. The van der Waals surface area contributed by atoms with Gasteiger partial charge in [0.05, 0.1) is 17.8 Å². The molecule has 1 aromatic rings. The van der Waals surface area contributed by atoms with Gasteiger partial charge in [0.1, 0.15) is 11.5 Å². The molecule has 1 atom stereocenters. The Labute approximate surface area is 178 Å². The Balaban J connectivity index is 2.16. The number of hydrogen-bond acceptors (Lipinski definition) is 6. The molecule has 1 saturated heterocycles. The van der Waals surface area contributed by atoms with Gasteiger partial charge in [-0.15, -0.1) is 0 Å². The molecular weight excluding hydrogens is 385 g/mol. The maximum Gasteiger partial charge on any atom is 0.526 e. The molecule has 7 nitrogen and oxygen atoms in total. The minimum absolute atomic E-state index is 0.135. The molecule has 30 heavy (non-hydrogen) atoms. The van der Waals surface area contributed by atoms with Crippen molar-refractivity contribution in [3.05, 3.63) is 29.5 Å². The summed E-state index contributed by atoms with van der Waals surface area (Å²) in [5.74, 6) is -1.41. The lowest BCUT2D eigenvalue weighted by molar-refractivity contribution is -0.301. The predicted octanol–water partition coefficient (Wildman–Crippen LogP) is 2.35. The van der Waals surface area contributed by atoms with Crippen LogP contribution in [0, 0.1) is 0 Å². The van der Waals surface area contributed by atoms with Gasteiger partial charge in [0.15, 0.2) is 11.4 Å². The number of carboxylic acid groups (broad SMARTS) is 1. The molecular formula is C22H30BNO6. The maximum absolute atomic E-state index is 13.2. The Kier molecular flexibility index (Phi) is 5.21. The van der Waals surface area contributed by atoms with Gasteiger partial charge in [0.2, 0.25) is 0 Å². The van der Waals surface area contributed by atoms with E-state index in [4.69, 9.17) is 14.0 Å². The normalized spacial score (nSPS) is 24.4. The molecule has 1 unspecified atom stereocenters. The largest absolute Gasteiger partial charge is 0.540 e. The number of aliphatic carboxylic acids is 1. The summed E-state index contributed by atoms with van der Waals surface area (Å²) in [6, 6.07) is 5.38. The van der Waals surface area contributed by atoms with Crippen LogP contribution in [-0.4, -0.2) is 42.5 Å². The Hall–Kier alpha value is -2.16. The summed E-state index contributed by atoms with van der Waals surface area (Å²) in [4.78, 5) is 25.3. The van der Waals surface area contributed by atoms with E-state index in [0.717, 1.165) is 5.46 Å². The molecule has 2 aliphatic heterocycles. The van der Waals surface area contributed by atoms with Gasteiger partial charge in [-0.25, -0.2) is 0 Å². The maximum atomic E-state index is 13.2. The lowest BCUT2D eigenvalue weighted by Gasteiger charge is -2.43. The smallest absolute Gasteiger partial charge is 0.526 e. The first-order valence-corrected chi connectivity index (χ1v) is 10.2. The number of amides is 1. The molecule has 2 heterocycles. The van der Waals surface area contributed by atoms with E-state index in [1.807, 2.05) is 39.8 Å². The Bertz CT molecular complexity index is 914. The minimum Gasteiger partial charge on any atom is -0.540 e. The number of nitrogens with zero attached hydrogens (tertiary/aromatic N) is 1. The lowest BCUT2D eigenvalue weighted by Crippen LogP contribution is -2.66. The molecule has 1 aromatic carbocycles. The van der Waals surface area contributed by atoms with Gasteiger partial charge in [-0.05, 0) is 66.9 Å². The number of carbonyl (C=O) groups is 2. The SMILES string of the molecule is CCOC(=O)[N+]1(C(C)(C)C)C(C(=O)[O-])=Cc2cc(B3OC(C)(C)C(C)(C)O3)ccc21. The molecule has 162 valence electrons. The van der Waals surface area contributed by atoms with Crippen LogP contribution in [0.15, 0.2) is 23.9 Å². The molecule has 0 spiro atoms. The predicted molar refractivity (Wildman–Crippen MR) is 114 cm³/mol. The molecule has 0 aromatic heterocycles. The van der Waals surface area contributed by atoms with Crippen LogP contribution in [0.5, 0.6) is 0 Å². The highest BCUT2D eigenvalue weighted by molar-refractivity contribution is 6.62. The zero-order valence-corrected chi connectivity index (χ0v) is 19.0. The molecule has 0 N–H and O–H groups in total. The number of rotatable bonds is 3. The highest BCUT2D eigenvalue weighted by Crippen LogP contribution is 2.47. The second-order valence-corrected chi connectivity index (χ2v) is 9.76. The fraction of sp³-hybridized carbons (Fsp3) is 0.545.